The third kappa shape index (κ3) is 5.07. The second kappa shape index (κ2) is 9.60. The molecule has 0 aliphatic carbocycles. The predicted molar refractivity (Wildman–Crippen MR) is 115 cm³/mol. The minimum Gasteiger partial charge on any atom is -0.479 e. The topological polar surface area (TPSA) is 69.3 Å². The summed E-state index contributed by atoms with van der Waals surface area (Å²) in [4.78, 5) is 12.5. The molecule has 0 saturated carbocycles. The van der Waals surface area contributed by atoms with E-state index in [0.717, 1.165) is 11.3 Å². The molecule has 1 amide bonds. The van der Waals surface area contributed by atoms with Crippen LogP contribution in [0.4, 0.5) is 23.4 Å². The lowest BCUT2D eigenvalue weighted by Crippen LogP contribution is -2.12. The van der Waals surface area contributed by atoms with Crippen molar-refractivity contribution in [2.75, 3.05) is 5.32 Å². The van der Waals surface area contributed by atoms with Crippen LogP contribution in [0.25, 0.3) is 0 Å². The molecule has 4 rings (SSSR count). The van der Waals surface area contributed by atoms with Crippen LogP contribution in [-0.2, 0) is 13.2 Å². The van der Waals surface area contributed by atoms with Gasteiger partial charge >= 0.3 is 0 Å². The van der Waals surface area contributed by atoms with Crippen LogP contribution in [0.3, 0.4) is 0 Å². The van der Waals surface area contributed by atoms with Crippen LogP contribution in [0, 0.1) is 30.2 Å². The zero-order chi connectivity index (χ0) is 24.4. The van der Waals surface area contributed by atoms with Gasteiger partial charge in [0, 0.05) is 22.8 Å². The molecule has 0 atom stereocenters. The maximum atomic E-state index is 13.7. The smallest absolute Gasteiger partial charge is 0.292 e. The number of carbonyl (C=O) groups is 1. The second-order valence-electron chi connectivity index (χ2n) is 7.26. The molecule has 11 heteroatoms. The van der Waals surface area contributed by atoms with Gasteiger partial charge in [0.05, 0.1) is 6.54 Å². The lowest BCUT2D eigenvalue weighted by Gasteiger charge is -2.08. The number of furan rings is 1. The third-order valence-corrected chi connectivity index (χ3v) is 4.99. The van der Waals surface area contributed by atoms with Crippen LogP contribution in [0.5, 0.6) is 5.75 Å². The van der Waals surface area contributed by atoms with E-state index < -0.39 is 41.5 Å². The van der Waals surface area contributed by atoms with E-state index in [1.165, 1.54) is 12.1 Å². The highest BCUT2D eigenvalue weighted by molar-refractivity contribution is 6.30. The van der Waals surface area contributed by atoms with Gasteiger partial charge in [0.1, 0.15) is 12.4 Å². The number of nitrogens with one attached hydrogen (secondary N) is 1. The Morgan fingerprint density at radius 2 is 1.82 bits per heavy atom. The number of aromatic nitrogens is 2. The Bertz CT molecular complexity index is 1340. The van der Waals surface area contributed by atoms with Gasteiger partial charge < -0.3 is 14.5 Å². The zero-order valence-corrected chi connectivity index (χ0v) is 18.3. The lowest BCUT2D eigenvalue weighted by atomic mass is 10.2. The number of benzene rings is 2. The molecule has 176 valence electrons. The molecule has 1 N–H and O–H groups in total. The van der Waals surface area contributed by atoms with Crippen molar-refractivity contribution in [1.82, 2.24) is 9.78 Å². The average Bonchev–Trinajstić information content (AvgIpc) is 3.39. The van der Waals surface area contributed by atoms with Crippen LogP contribution < -0.4 is 10.1 Å². The largest absolute Gasteiger partial charge is 0.479 e. The van der Waals surface area contributed by atoms with Gasteiger partial charge in [-0.15, -0.1) is 0 Å². The van der Waals surface area contributed by atoms with Crippen molar-refractivity contribution in [2.45, 2.75) is 20.1 Å². The fourth-order valence-corrected chi connectivity index (χ4v) is 3.33. The van der Waals surface area contributed by atoms with E-state index in [1.807, 2.05) is 25.1 Å². The van der Waals surface area contributed by atoms with E-state index in [2.05, 4.69) is 10.4 Å². The molecule has 0 aliphatic heterocycles. The molecule has 0 saturated heterocycles. The number of ether oxygens (including phenoxy) is 1. The first-order chi connectivity index (χ1) is 16.2. The van der Waals surface area contributed by atoms with Gasteiger partial charge in [0.2, 0.25) is 11.6 Å². The number of anilines is 1. The molecule has 6 nitrogen and oxygen atoms in total. The Hall–Kier alpha value is -3.79. The molecular weight excluding hydrogens is 478 g/mol. The van der Waals surface area contributed by atoms with Gasteiger partial charge in [-0.3, -0.25) is 9.48 Å². The summed E-state index contributed by atoms with van der Waals surface area (Å²) in [6.45, 7) is 1.69. The summed E-state index contributed by atoms with van der Waals surface area (Å²) in [5, 5.41) is 7.52. The van der Waals surface area contributed by atoms with Crippen molar-refractivity contribution in [2.24, 2.45) is 0 Å². The molecule has 0 aliphatic rings. The maximum Gasteiger partial charge on any atom is 0.292 e. The van der Waals surface area contributed by atoms with E-state index in [-0.39, 0.29) is 23.4 Å². The molecular formula is C23H16ClF4N3O3. The molecule has 0 unspecified atom stereocenters. The molecule has 2 heterocycles. The van der Waals surface area contributed by atoms with Crippen molar-refractivity contribution >= 4 is 23.3 Å². The molecule has 0 spiro atoms. The van der Waals surface area contributed by atoms with Crippen LogP contribution in [0.15, 0.2) is 52.9 Å². The number of rotatable bonds is 7. The minimum atomic E-state index is -1.67. The normalized spacial score (nSPS) is 11.0. The molecule has 0 bridgehead atoms. The average molecular weight is 494 g/mol. The third-order valence-electron chi connectivity index (χ3n) is 4.76. The number of halogens is 5. The SMILES string of the molecule is Cc1cc(NC(=O)c2ccc(COc3c(F)c(F)cc(F)c3F)o2)nn1Cc1cccc(Cl)c1. The Labute approximate surface area is 195 Å². The molecule has 2 aromatic heterocycles. The first kappa shape index (κ1) is 23.4. The van der Waals surface area contributed by atoms with E-state index in [4.69, 9.17) is 20.8 Å². The van der Waals surface area contributed by atoms with Gasteiger partial charge in [0.25, 0.3) is 5.91 Å². The summed E-state index contributed by atoms with van der Waals surface area (Å²) in [7, 11) is 0. The van der Waals surface area contributed by atoms with Crippen LogP contribution in [-0.4, -0.2) is 15.7 Å². The molecule has 0 radical (unpaired) electrons. The number of hydrogen-bond acceptors (Lipinski definition) is 4. The van der Waals surface area contributed by atoms with Crippen molar-refractivity contribution in [3.63, 3.8) is 0 Å². The van der Waals surface area contributed by atoms with Crippen molar-refractivity contribution in [3.8, 4) is 5.75 Å². The van der Waals surface area contributed by atoms with Crippen molar-refractivity contribution < 1.29 is 31.5 Å². The van der Waals surface area contributed by atoms with Gasteiger partial charge in [-0.1, -0.05) is 23.7 Å². The Morgan fingerprint density at radius 1 is 1.09 bits per heavy atom. The summed E-state index contributed by atoms with van der Waals surface area (Å²) in [6, 6.07) is 11.7. The van der Waals surface area contributed by atoms with Gasteiger partial charge in [-0.25, -0.2) is 8.78 Å². The van der Waals surface area contributed by atoms with E-state index >= 15 is 0 Å². The van der Waals surface area contributed by atoms with Crippen molar-refractivity contribution in [1.29, 1.82) is 0 Å². The van der Waals surface area contributed by atoms with Gasteiger partial charge in [-0.2, -0.15) is 13.9 Å². The van der Waals surface area contributed by atoms with Crippen molar-refractivity contribution in [3.05, 3.63) is 99.6 Å². The van der Waals surface area contributed by atoms with Crippen LogP contribution in [0.1, 0.15) is 27.6 Å². The van der Waals surface area contributed by atoms with E-state index in [1.54, 1.807) is 16.8 Å². The van der Waals surface area contributed by atoms with E-state index in [0.29, 0.717) is 11.6 Å². The first-order valence-electron chi connectivity index (χ1n) is 9.86. The quantitative estimate of drug-likeness (QED) is 0.258. The highest BCUT2D eigenvalue weighted by Crippen LogP contribution is 2.27. The minimum absolute atomic E-state index is 0.00344. The zero-order valence-electron chi connectivity index (χ0n) is 17.5. The van der Waals surface area contributed by atoms with Gasteiger partial charge in [0.15, 0.2) is 29.0 Å². The van der Waals surface area contributed by atoms with E-state index in [9.17, 15) is 22.4 Å². The molecule has 4 aromatic rings. The van der Waals surface area contributed by atoms with Crippen LogP contribution >= 0.6 is 11.6 Å². The predicted octanol–water partition coefficient (Wildman–Crippen LogP) is 5.87. The number of amides is 1. The summed E-state index contributed by atoms with van der Waals surface area (Å²) < 4.78 is 65.8. The standard InChI is InChI=1S/C23H16ClF4N3O3/c1-12-7-19(30-31(12)10-13-3-2-4-14(24)8-13)29-23(32)18-6-5-15(34-18)11-33-22-20(27)16(25)9-17(26)21(22)28/h2-9H,10-11H2,1H3,(H,29,30,32). The van der Waals surface area contributed by atoms with Gasteiger partial charge in [-0.05, 0) is 36.8 Å². The molecule has 2 aromatic carbocycles. The highest BCUT2D eigenvalue weighted by atomic mass is 35.5. The highest BCUT2D eigenvalue weighted by Gasteiger charge is 2.21. The molecule has 34 heavy (non-hydrogen) atoms. The number of nitrogens with zero attached hydrogens (tertiary/aromatic N) is 2. The fraction of sp³-hybridized carbons (Fsp3) is 0.130. The number of carbonyl (C=O) groups excluding carboxylic acids is 1. The summed E-state index contributed by atoms with van der Waals surface area (Å²) in [6.07, 6.45) is 0. The summed E-state index contributed by atoms with van der Waals surface area (Å²) in [5.41, 5.74) is 1.72. The lowest BCUT2D eigenvalue weighted by molar-refractivity contribution is 0.0991. The number of aryl methyl sites for hydroxylation is 1. The monoisotopic (exact) mass is 493 g/mol. The Balaban J connectivity index is 1.41. The number of hydrogen-bond donors (Lipinski definition) is 1. The second-order valence-corrected chi connectivity index (χ2v) is 7.70. The first-order valence-corrected chi connectivity index (χ1v) is 10.2. The maximum absolute atomic E-state index is 13.7. The fourth-order valence-electron chi connectivity index (χ4n) is 3.12. The summed E-state index contributed by atoms with van der Waals surface area (Å²) >= 11 is 6.00. The Kier molecular flexibility index (Phi) is 6.60. The molecule has 0 fully saturated rings. The van der Waals surface area contributed by atoms with Crippen LogP contribution in [0.2, 0.25) is 5.02 Å². The summed E-state index contributed by atoms with van der Waals surface area (Å²) in [5.74, 6) is -8.26. The Morgan fingerprint density at radius 3 is 2.53 bits per heavy atom.